The molecule has 1 amide bonds. The Morgan fingerprint density at radius 1 is 1.00 bits per heavy atom. The van der Waals surface area contributed by atoms with Crippen molar-refractivity contribution in [3.8, 4) is 22.3 Å². The molecule has 1 aliphatic carbocycles. The molecule has 3 aromatic carbocycles. The van der Waals surface area contributed by atoms with Crippen LogP contribution in [0.15, 0.2) is 79.9 Å². The summed E-state index contributed by atoms with van der Waals surface area (Å²) in [4.78, 5) is 34.2. The van der Waals surface area contributed by atoms with Gasteiger partial charge in [0, 0.05) is 18.6 Å². The predicted octanol–water partition coefficient (Wildman–Crippen LogP) is 5.86. The number of ether oxygens (including phenoxy) is 1. The molecule has 1 aromatic heterocycles. The van der Waals surface area contributed by atoms with Crippen molar-refractivity contribution in [2.75, 3.05) is 17.1 Å². The molecule has 0 bridgehead atoms. The van der Waals surface area contributed by atoms with Crippen molar-refractivity contribution in [3.05, 3.63) is 82.3 Å². The first-order valence-electron chi connectivity index (χ1n) is 16.3. The number of hydrogen-bond donors (Lipinski definition) is 3. The number of unbranched alkanes of at least 4 members (excludes halogenated alkanes) is 1. The van der Waals surface area contributed by atoms with Gasteiger partial charge in [-0.05, 0) is 65.2 Å². The maximum Gasteiger partial charge on any atom is 0.440 e. The number of nitrogens with two attached hydrogens (primary N) is 1. The molecule has 1 spiro atoms. The number of nitrogen functional groups attached to an aromatic ring is 1. The van der Waals surface area contributed by atoms with Gasteiger partial charge in [0.25, 0.3) is 21.9 Å². The van der Waals surface area contributed by atoms with Crippen LogP contribution in [0.3, 0.4) is 0 Å². The first kappa shape index (κ1) is 33.2. The monoisotopic (exact) mass is 672 g/mol. The van der Waals surface area contributed by atoms with Crippen molar-refractivity contribution in [1.82, 2.24) is 15.0 Å². The van der Waals surface area contributed by atoms with E-state index in [-0.39, 0.29) is 22.4 Å². The number of amidine groups is 1. The van der Waals surface area contributed by atoms with Gasteiger partial charge in [-0.2, -0.15) is 0 Å². The van der Waals surface area contributed by atoms with E-state index >= 15 is 0 Å². The molecule has 12 nitrogen and oxygen atoms in total. The second kappa shape index (κ2) is 13.8. The Morgan fingerprint density at radius 2 is 1.73 bits per heavy atom. The lowest BCUT2D eigenvalue weighted by Crippen LogP contribution is -2.40. The zero-order valence-corrected chi connectivity index (χ0v) is 27.9. The quantitative estimate of drug-likeness (QED) is 0.148. The third-order valence-electron chi connectivity index (χ3n) is 8.95. The number of benzene rings is 3. The Hall–Kier alpha value is -4.75. The van der Waals surface area contributed by atoms with Gasteiger partial charge in [0.15, 0.2) is 0 Å². The highest BCUT2D eigenvalue weighted by Crippen LogP contribution is 2.42. The van der Waals surface area contributed by atoms with Gasteiger partial charge in [-0.3, -0.25) is 24.2 Å². The molecule has 0 radical (unpaired) electrons. The largest absolute Gasteiger partial charge is 0.440 e. The molecule has 1 saturated carbocycles. The molecule has 13 heteroatoms. The number of H-pyrrole nitrogens is 1. The van der Waals surface area contributed by atoms with E-state index in [1.807, 2.05) is 48.2 Å². The van der Waals surface area contributed by atoms with Crippen LogP contribution in [0.1, 0.15) is 69.9 Å². The number of anilines is 2. The lowest BCUT2D eigenvalue weighted by molar-refractivity contribution is -0.131. The highest BCUT2D eigenvalue weighted by atomic mass is 32.2. The first-order chi connectivity index (χ1) is 23.2. The Labute approximate surface area is 279 Å². The number of carbonyl (C=O) groups is 1. The maximum atomic E-state index is 13.8. The summed E-state index contributed by atoms with van der Waals surface area (Å²) < 4.78 is 39.9. The number of aromatic nitrogens is 2. The molecule has 2 aliphatic rings. The number of nitrogens with one attached hydrogen (secondary N) is 2. The van der Waals surface area contributed by atoms with E-state index in [0.29, 0.717) is 30.9 Å². The minimum atomic E-state index is -4.32. The average Bonchev–Trinajstić information content (AvgIpc) is 3.78. The summed E-state index contributed by atoms with van der Waals surface area (Å²) in [5.74, 6) is -0.287. The van der Waals surface area contributed by atoms with Gasteiger partial charge in [-0.25, -0.2) is 17.9 Å². The van der Waals surface area contributed by atoms with Crippen molar-refractivity contribution < 1.29 is 22.5 Å². The van der Waals surface area contributed by atoms with Crippen LogP contribution in [-0.2, 0) is 32.7 Å². The van der Waals surface area contributed by atoms with E-state index in [9.17, 15) is 18.0 Å². The molecule has 252 valence electrons. The van der Waals surface area contributed by atoms with Crippen LogP contribution in [-0.4, -0.2) is 47.3 Å². The normalized spacial score (nSPS) is 15.8. The molecular formula is C35H40N6O6S. The van der Waals surface area contributed by atoms with Gasteiger partial charge in [0.05, 0.1) is 18.8 Å². The standard InChI is InChI=1S/C35H40N6O6S/c1-3-5-15-30-38-35(18-8-9-19-35)32(42)41(30)21-23-16-17-25(24(20-23)22-46-4-2)26-11-6-7-12-27(26)28-13-10-14-29(36)31(28)48(44,45)40-33-37-34(43)47-39-33/h6-7,10-14,16-17,20H,3-5,8-9,15,18-19,21-22,36H2,1-2H3,(H2,37,39,40,43). The molecule has 4 N–H and O–H groups in total. The number of aliphatic imine (C=N–C) groups is 1. The molecule has 1 aliphatic heterocycles. The molecule has 0 unspecified atom stereocenters. The summed E-state index contributed by atoms with van der Waals surface area (Å²) in [6.07, 6.45) is 6.40. The summed E-state index contributed by atoms with van der Waals surface area (Å²) in [7, 11) is -4.32. The van der Waals surface area contributed by atoms with Crippen molar-refractivity contribution >= 4 is 33.4 Å². The smallest absolute Gasteiger partial charge is 0.398 e. The SMILES string of the molecule is CCCCC1=NC2(CCCC2)C(=O)N1Cc1ccc(-c2ccccc2-c2cccc(N)c2S(=O)(=O)Nc2noc(=O)[nH]2)c(COCC)c1. The zero-order chi connectivity index (χ0) is 33.9. The number of sulfonamides is 1. The maximum absolute atomic E-state index is 13.8. The van der Waals surface area contributed by atoms with E-state index in [2.05, 4.69) is 32.4 Å². The average molecular weight is 673 g/mol. The van der Waals surface area contributed by atoms with Crippen LogP contribution < -0.4 is 16.2 Å². The number of amides is 1. The first-order valence-corrected chi connectivity index (χ1v) is 17.8. The zero-order valence-electron chi connectivity index (χ0n) is 27.1. The molecule has 0 atom stereocenters. The second-order valence-electron chi connectivity index (χ2n) is 12.2. The van der Waals surface area contributed by atoms with Gasteiger partial charge in [0.2, 0.25) is 0 Å². The Kier molecular flexibility index (Phi) is 9.51. The van der Waals surface area contributed by atoms with Crippen molar-refractivity contribution in [3.63, 3.8) is 0 Å². The fourth-order valence-electron chi connectivity index (χ4n) is 6.69. The number of rotatable bonds is 13. The third kappa shape index (κ3) is 6.52. The van der Waals surface area contributed by atoms with Gasteiger partial charge < -0.3 is 10.5 Å². The number of hydrogen-bond acceptors (Lipinski definition) is 9. The second-order valence-corrected chi connectivity index (χ2v) is 13.8. The molecule has 48 heavy (non-hydrogen) atoms. The van der Waals surface area contributed by atoms with Crippen LogP contribution in [0.25, 0.3) is 22.3 Å². The van der Waals surface area contributed by atoms with Crippen LogP contribution in [0.4, 0.5) is 11.6 Å². The van der Waals surface area contributed by atoms with E-state index in [1.54, 1.807) is 12.1 Å². The van der Waals surface area contributed by atoms with Gasteiger partial charge in [0.1, 0.15) is 16.3 Å². The fraction of sp³-hybridized carbons (Fsp3) is 0.371. The molecule has 1 fully saturated rings. The number of nitrogens with zero attached hydrogens (tertiary/aromatic N) is 3. The fourth-order valence-corrected chi connectivity index (χ4v) is 7.98. The van der Waals surface area contributed by atoms with Crippen LogP contribution in [0, 0.1) is 0 Å². The topological polar surface area (TPSA) is 173 Å². The third-order valence-corrected chi connectivity index (χ3v) is 10.4. The van der Waals surface area contributed by atoms with Crippen LogP contribution in [0.2, 0.25) is 0 Å². The highest BCUT2D eigenvalue weighted by molar-refractivity contribution is 7.93. The summed E-state index contributed by atoms with van der Waals surface area (Å²) in [6.45, 7) is 5.29. The molecule has 0 saturated heterocycles. The van der Waals surface area contributed by atoms with Gasteiger partial charge in [-0.1, -0.05) is 80.8 Å². The van der Waals surface area contributed by atoms with Crippen molar-refractivity contribution in [2.45, 2.75) is 82.4 Å². The molecule has 4 aromatic rings. The highest BCUT2D eigenvalue weighted by Gasteiger charge is 2.49. The van der Waals surface area contributed by atoms with E-state index in [0.717, 1.165) is 73.0 Å². The summed E-state index contributed by atoms with van der Waals surface area (Å²) in [6, 6.07) is 18.4. The Morgan fingerprint density at radius 3 is 2.42 bits per heavy atom. The van der Waals surface area contributed by atoms with Gasteiger partial charge >= 0.3 is 5.76 Å². The minimum Gasteiger partial charge on any atom is -0.398 e. The molecule has 6 rings (SSSR count). The lowest BCUT2D eigenvalue weighted by atomic mass is 9.90. The summed E-state index contributed by atoms with van der Waals surface area (Å²) >= 11 is 0. The summed E-state index contributed by atoms with van der Waals surface area (Å²) in [5.41, 5.74) is 10.1. The van der Waals surface area contributed by atoms with Crippen molar-refractivity contribution in [1.29, 1.82) is 0 Å². The van der Waals surface area contributed by atoms with E-state index in [1.165, 1.54) is 6.07 Å². The Bertz CT molecular complexity index is 2010. The Balaban J connectivity index is 1.39. The van der Waals surface area contributed by atoms with E-state index < -0.39 is 21.3 Å². The van der Waals surface area contributed by atoms with Crippen molar-refractivity contribution in [2.24, 2.45) is 4.99 Å². The summed E-state index contributed by atoms with van der Waals surface area (Å²) in [5, 5.41) is 3.43. The van der Waals surface area contributed by atoms with Crippen LogP contribution >= 0.6 is 0 Å². The number of carbonyl (C=O) groups excluding carboxylic acids is 1. The van der Waals surface area contributed by atoms with Crippen LogP contribution in [0.5, 0.6) is 0 Å². The minimum absolute atomic E-state index is 0.0152. The van der Waals surface area contributed by atoms with Gasteiger partial charge in [-0.15, -0.1) is 0 Å². The predicted molar refractivity (Wildman–Crippen MR) is 184 cm³/mol. The lowest BCUT2D eigenvalue weighted by Gasteiger charge is -2.23. The molecular weight excluding hydrogens is 632 g/mol. The van der Waals surface area contributed by atoms with E-state index in [4.69, 9.17) is 15.5 Å². The number of aromatic amines is 1. The molecule has 2 heterocycles.